The molecule has 1 aromatic heterocycles. The third kappa shape index (κ3) is 2.81. The van der Waals surface area contributed by atoms with Crippen LogP contribution in [0.1, 0.15) is 11.7 Å². The Labute approximate surface area is 99.7 Å². The highest BCUT2D eigenvalue weighted by Gasteiger charge is 2.12. The van der Waals surface area contributed by atoms with E-state index in [1.165, 1.54) is 0 Å². The maximum absolute atomic E-state index is 10.0. The minimum atomic E-state index is -0.536. The van der Waals surface area contributed by atoms with Crippen LogP contribution in [0.2, 0.25) is 5.02 Å². The normalized spacial score (nSPS) is 12.4. The van der Waals surface area contributed by atoms with E-state index in [9.17, 15) is 5.11 Å². The summed E-state index contributed by atoms with van der Waals surface area (Å²) in [4.78, 5) is 0. The zero-order valence-electron chi connectivity index (χ0n) is 8.75. The Morgan fingerprint density at radius 2 is 1.88 bits per heavy atom. The van der Waals surface area contributed by atoms with E-state index in [-0.39, 0.29) is 0 Å². The number of aromatic nitrogens is 1. The molecule has 2 nitrogen and oxygen atoms in total. The van der Waals surface area contributed by atoms with Crippen molar-refractivity contribution in [3.05, 3.63) is 65.4 Å². The van der Waals surface area contributed by atoms with Gasteiger partial charge >= 0.3 is 0 Å². The van der Waals surface area contributed by atoms with Gasteiger partial charge in [-0.1, -0.05) is 29.8 Å². The molecule has 3 heteroatoms. The van der Waals surface area contributed by atoms with E-state index in [0.717, 1.165) is 5.56 Å². The molecule has 1 unspecified atom stereocenters. The molecule has 16 heavy (non-hydrogen) atoms. The fraction of sp³-hybridized carbons (Fsp3) is 0.154. The van der Waals surface area contributed by atoms with Gasteiger partial charge in [0.15, 0.2) is 18.9 Å². The molecule has 1 aromatic carbocycles. The van der Waals surface area contributed by atoms with Gasteiger partial charge in [-0.3, -0.25) is 0 Å². The lowest BCUT2D eigenvalue weighted by molar-refractivity contribution is -0.704. The molecule has 1 heterocycles. The van der Waals surface area contributed by atoms with Gasteiger partial charge in [-0.15, -0.1) is 0 Å². The van der Waals surface area contributed by atoms with E-state index in [0.29, 0.717) is 11.6 Å². The summed E-state index contributed by atoms with van der Waals surface area (Å²) in [5.41, 5.74) is 0.837. The molecule has 0 aliphatic rings. The summed E-state index contributed by atoms with van der Waals surface area (Å²) in [6.07, 6.45) is 3.31. The van der Waals surface area contributed by atoms with E-state index in [1.54, 1.807) is 12.1 Å². The summed E-state index contributed by atoms with van der Waals surface area (Å²) in [7, 11) is 0. The number of benzene rings is 1. The number of aliphatic hydroxyl groups is 1. The average Bonchev–Trinajstić information content (AvgIpc) is 2.30. The predicted molar refractivity (Wildman–Crippen MR) is 63.0 cm³/mol. The second-order valence-corrected chi connectivity index (χ2v) is 4.08. The third-order valence-electron chi connectivity index (χ3n) is 2.39. The Hall–Kier alpha value is -1.38. The minimum absolute atomic E-state index is 0.529. The van der Waals surface area contributed by atoms with Crippen molar-refractivity contribution in [1.29, 1.82) is 0 Å². The van der Waals surface area contributed by atoms with Gasteiger partial charge in [0.1, 0.15) is 6.10 Å². The van der Waals surface area contributed by atoms with Crippen molar-refractivity contribution in [3.8, 4) is 0 Å². The van der Waals surface area contributed by atoms with Gasteiger partial charge in [0, 0.05) is 17.2 Å². The number of nitrogens with zero attached hydrogens (tertiary/aromatic N) is 1. The number of aliphatic hydroxyl groups excluding tert-OH is 1. The second kappa shape index (κ2) is 5.10. The molecule has 1 N–H and O–H groups in total. The van der Waals surface area contributed by atoms with E-state index in [1.807, 2.05) is 47.3 Å². The SMILES string of the molecule is OC(C[n+]1ccccc1)c1cccc(Cl)c1. The third-order valence-corrected chi connectivity index (χ3v) is 2.63. The smallest absolute Gasteiger partial charge is 0.178 e. The molecule has 2 aromatic rings. The van der Waals surface area contributed by atoms with Gasteiger partial charge in [0.05, 0.1) is 0 Å². The predicted octanol–water partition coefficient (Wildman–Crippen LogP) is 2.36. The zero-order chi connectivity index (χ0) is 11.4. The Bertz CT molecular complexity index is 458. The summed E-state index contributed by atoms with van der Waals surface area (Å²) >= 11 is 5.87. The molecule has 0 fully saturated rings. The molecule has 0 saturated carbocycles. The van der Waals surface area contributed by atoms with Gasteiger partial charge in [0.25, 0.3) is 0 Å². The van der Waals surface area contributed by atoms with Crippen LogP contribution in [0, 0.1) is 0 Å². The molecule has 2 rings (SSSR count). The van der Waals surface area contributed by atoms with Gasteiger partial charge in [-0.2, -0.15) is 0 Å². The van der Waals surface area contributed by atoms with Crippen molar-refractivity contribution in [3.63, 3.8) is 0 Å². The van der Waals surface area contributed by atoms with Crippen molar-refractivity contribution in [2.24, 2.45) is 0 Å². The molecule has 1 atom stereocenters. The standard InChI is InChI=1S/C13H13ClNO/c14-12-6-4-5-11(9-12)13(16)10-15-7-2-1-3-8-15/h1-9,13,16H,10H2/q+1. The van der Waals surface area contributed by atoms with Crippen LogP contribution < -0.4 is 4.57 Å². The molecule has 0 spiro atoms. The van der Waals surface area contributed by atoms with Crippen molar-refractivity contribution in [2.45, 2.75) is 12.6 Å². The largest absolute Gasteiger partial charge is 0.382 e. The van der Waals surface area contributed by atoms with E-state index >= 15 is 0 Å². The molecular formula is C13H13ClNO+. The lowest BCUT2D eigenvalue weighted by atomic mass is 10.1. The van der Waals surface area contributed by atoms with Gasteiger partial charge in [-0.05, 0) is 17.7 Å². The Balaban J connectivity index is 2.12. The van der Waals surface area contributed by atoms with Gasteiger partial charge in [-0.25, -0.2) is 4.57 Å². The number of hydrogen-bond donors (Lipinski definition) is 1. The molecule has 0 radical (unpaired) electrons. The summed E-state index contributed by atoms with van der Waals surface area (Å²) in [5, 5.41) is 10.7. The van der Waals surface area contributed by atoms with Crippen LogP contribution >= 0.6 is 11.6 Å². The molecule has 82 valence electrons. The topological polar surface area (TPSA) is 24.1 Å². The van der Waals surface area contributed by atoms with E-state index < -0.39 is 6.10 Å². The van der Waals surface area contributed by atoms with Crippen LogP contribution in [-0.2, 0) is 6.54 Å². The van der Waals surface area contributed by atoms with E-state index in [2.05, 4.69) is 0 Å². The first-order valence-corrected chi connectivity index (χ1v) is 5.51. The monoisotopic (exact) mass is 234 g/mol. The minimum Gasteiger partial charge on any atom is -0.382 e. The molecule has 0 aliphatic carbocycles. The first kappa shape index (κ1) is 11.1. The summed E-state index contributed by atoms with van der Waals surface area (Å²) in [5.74, 6) is 0. The second-order valence-electron chi connectivity index (χ2n) is 3.64. The maximum Gasteiger partial charge on any atom is 0.178 e. The van der Waals surface area contributed by atoms with Crippen LogP contribution in [0.5, 0.6) is 0 Å². The summed E-state index contributed by atoms with van der Waals surface area (Å²) in [6.45, 7) is 0.529. The van der Waals surface area contributed by atoms with Crippen molar-refractivity contribution in [1.82, 2.24) is 0 Å². The van der Waals surface area contributed by atoms with Gasteiger partial charge < -0.3 is 5.11 Å². The van der Waals surface area contributed by atoms with E-state index in [4.69, 9.17) is 11.6 Å². The van der Waals surface area contributed by atoms with Crippen LogP contribution in [-0.4, -0.2) is 5.11 Å². The van der Waals surface area contributed by atoms with Crippen LogP contribution in [0.4, 0.5) is 0 Å². The Morgan fingerprint density at radius 1 is 1.12 bits per heavy atom. The highest BCUT2D eigenvalue weighted by atomic mass is 35.5. The first-order chi connectivity index (χ1) is 7.75. The summed E-state index contributed by atoms with van der Waals surface area (Å²) in [6, 6.07) is 13.1. The molecule has 0 saturated heterocycles. The first-order valence-electron chi connectivity index (χ1n) is 5.13. The average molecular weight is 235 g/mol. The lowest BCUT2D eigenvalue weighted by Crippen LogP contribution is -2.35. The maximum atomic E-state index is 10.0. The van der Waals surface area contributed by atoms with Crippen LogP contribution in [0.3, 0.4) is 0 Å². The van der Waals surface area contributed by atoms with Crippen LogP contribution in [0.25, 0.3) is 0 Å². The molecular weight excluding hydrogens is 222 g/mol. The van der Waals surface area contributed by atoms with Crippen LogP contribution in [0.15, 0.2) is 54.9 Å². The number of hydrogen-bond acceptors (Lipinski definition) is 1. The molecule has 0 amide bonds. The molecule has 0 aliphatic heterocycles. The summed E-state index contributed by atoms with van der Waals surface area (Å²) < 4.78 is 1.94. The molecule has 0 bridgehead atoms. The Morgan fingerprint density at radius 3 is 2.56 bits per heavy atom. The van der Waals surface area contributed by atoms with Gasteiger partial charge in [0.2, 0.25) is 0 Å². The lowest BCUT2D eigenvalue weighted by Gasteiger charge is -2.07. The zero-order valence-corrected chi connectivity index (χ0v) is 9.51. The highest BCUT2D eigenvalue weighted by Crippen LogP contribution is 2.17. The number of halogens is 1. The van der Waals surface area contributed by atoms with Crippen molar-refractivity contribution >= 4 is 11.6 Å². The quantitative estimate of drug-likeness (QED) is 0.810. The Kier molecular flexibility index (Phi) is 3.54. The number of rotatable bonds is 3. The fourth-order valence-electron chi connectivity index (χ4n) is 1.57. The van der Waals surface area contributed by atoms with Crippen molar-refractivity contribution < 1.29 is 9.67 Å². The highest BCUT2D eigenvalue weighted by molar-refractivity contribution is 6.30. The number of pyridine rings is 1. The van der Waals surface area contributed by atoms with Crippen molar-refractivity contribution in [2.75, 3.05) is 0 Å². The fourth-order valence-corrected chi connectivity index (χ4v) is 1.77.